The molecule has 1 aliphatic carbocycles. The number of aryl methyl sites for hydroxylation is 3. The van der Waals surface area contributed by atoms with Crippen LogP contribution in [0.25, 0.3) is 0 Å². The van der Waals surface area contributed by atoms with Gasteiger partial charge in [0.2, 0.25) is 5.91 Å². The third-order valence-corrected chi connectivity index (χ3v) is 11.3. The van der Waals surface area contributed by atoms with Gasteiger partial charge in [-0.2, -0.15) is 0 Å². The Morgan fingerprint density at radius 3 is 1.87 bits per heavy atom. The van der Waals surface area contributed by atoms with Crippen LogP contribution in [0.1, 0.15) is 77.0 Å². The van der Waals surface area contributed by atoms with Gasteiger partial charge >= 0.3 is 0 Å². The number of rotatable bonds is 27. The lowest BCUT2D eigenvalue weighted by molar-refractivity contribution is -0.130. The van der Waals surface area contributed by atoms with Crippen LogP contribution in [0.15, 0.2) is 17.1 Å². The lowest BCUT2D eigenvalue weighted by Gasteiger charge is -2.33. The first-order valence-corrected chi connectivity index (χ1v) is 21.2. The van der Waals surface area contributed by atoms with E-state index in [9.17, 15) is 50.4 Å². The molecule has 9 atom stereocenters. The quantitative estimate of drug-likeness (QED) is 0.0230. The number of amides is 2. The molecule has 0 saturated carbocycles. The number of anilines is 1. The van der Waals surface area contributed by atoms with Crippen molar-refractivity contribution in [2.45, 2.75) is 126 Å². The van der Waals surface area contributed by atoms with Gasteiger partial charge in [0.05, 0.1) is 37.2 Å². The minimum atomic E-state index is -1.91. The third-order valence-electron chi connectivity index (χ3n) is 11.0. The maximum absolute atomic E-state index is 12.5. The van der Waals surface area contributed by atoms with Crippen molar-refractivity contribution in [3.8, 4) is 0 Å². The van der Waals surface area contributed by atoms with Gasteiger partial charge in [0.1, 0.15) is 36.6 Å². The topological polar surface area (TPSA) is 380 Å². The van der Waals surface area contributed by atoms with Gasteiger partial charge in [-0.1, -0.05) is 23.7 Å². The summed E-state index contributed by atoms with van der Waals surface area (Å²) in [6.07, 6.45) is -6.89. The highest BCUT2D eigenvalue weighted by atomic mass is 35.5. The Morgan fingerprint density at radius 1 is 0.806 bits per heavy atom. The molecule has 0 fully saturated rings. The van der Waals surface area contributed by atoms with Crippen LogP contribution in [0, 0.1) is 6.92 Å². The summed E-state index contributed by atoms with van der Waals surface area (Å²) in [5.74, 6) is -1.36. The summed E-state index contributed by atoms with van der Waals surface area (Å²) in [5.41, 5.74) is 22.8. The van der Waals surface area contributed by atoms with Crippen LogP contribution in [-0.4, -0.2) is 185 Å². The summed E-state index contributed by atoms with van der Waals surface area (Å²) >= 11 is 5.98. The number of guanidine groups is 1. The summed E-state index contributed by atoms with van der Waals surface area (Å²) in [4.78, 5) is 38.7. The van der Waals surface area contributed by atoms with Crippen molar-refractivity contribution in [2.75, 3.05) is 51.7 Å². The Balaban J connectivity index is 1.56. The molecule has 1 aromatic carbocycles. The highest BCUT2D eigenvalue weighted by Crippen LogP contribution is 2.30. The molecule has 18 N–H and O–H groups in total. The van der Waals surface area contributed by atoms with E-state index in [2.05, 4.69) is 37.7 Å². The van der Waals surface area contributed by atoms with Gasteiger partial charge < -0.3 is 73.6 Å². The number of benzene rings is 1. The van der Waals surface area contributed by atoms with Crippen molar-refractivity contribution >= 4 is 35.2 Å². The number of carbonyl (C=O) groups is 2. The number of nitrogen functional groups attached to an aromatic ring is 1. The number of nitrogens with two attached hydrogens (primary N) is 3. The molecule has 3 rings (SSSR count). The zero-order valence-electron chi connectivity index (χ0n) is 35.1. The van der Waals surface area contributed by atoms with E-state index in [4.69, 9.17) is 39.0 Å². The first kappa shape index (κ1) is 52.7. The van der Waals surface area contributed by atoms with Crippen molar-refractivity contribution in [1.82, 2.24) is 25.5 Å². The summed E-state index contributed by atoms with van der Waals surface area (Å²) in [6.45, 7) is -0.240. The van der Waals surface area contributed by atoms with Gasteiger partial charge in [-0.05, 0) is 106 Å². The Kier molecular flexibility index (Phi) is 22.2. The highest BCUT2D eigenvalue weighted by molar-refractivity contribution is 6.30. The summed E-state index contributed by atoms with van der Waals surface area (Å²) in [6, 6.07) is 3.52. The molecule has 9 unspecified atom stereocenters. The number of aromatic nitrogens is 2. The molecule has 21 nitrogen and oxygen atoms in total. The number of aliphatic hydroxyl groups is 10. The van der Waals surface area contributed by atoms with Crippen molar-refractivity contribution in [1.29, 1.82) is 0 Å². The molecular formula is C40H66ClN9O12. The van der Waals surface area contributed by atoms with Gasteiger partial charge in [-0.25, -0.2) is 9.97 Å². The molecule has 0 aliphatic heterocycles. The molecule has 0 saturated heterocycles. The van der Waals surface area contributed by atoms with Crippen LogP contribution in [0.3, 0.4) is 0 Å². The average Bonchev–Trinajstić information content (AvgIpc) is 3.25. The molecule has 2 aromatic rings. The van der Waals surface area contributed by atoms with Gasteiger partial charge in [-0.3, -0.25) is 24.8 Å². The molecule has 22 heteroatoms. The van der Waals surface area contributed by atoms with E-state index in [1.807, 2.05) is 0 Å². The molecule has 2 amide bonds. The van der Waals surface area contributed by atoms with Crippen LogP contribution >= 0.6 is 11.6 Å². The maximum atomic E-state index is 12.5. The van der Waals surface area contributed by atoms with Crippen LogP contribution in [0.4, 0.5) is 5.82 Å². The largest absolute Gasteiger partial charge is 0.394 e. The number of halogens is 1. The normalized spacial score (nSPS) is 17.7. The minimum Gasteiger partial charge on any atom is -0.394 e. The van der Waals surface area contributed by atoms with E-state index in [1.165, 1.54) is 21.6 Å². The smallest absolute Gasteiger partial charge is 0.280 e. The fourth-order valence-corrected chi connectivity index (χ4v) is 7.49. The first-order valence-electron chi connectivity index (χ1n) is 20.8. The summed E-state index contributed by atoms with van der Waals surface area (Å²) in [5, 5.41) is 105. The van der Waals surface area contributed by atoms with Crippen molar-refractivity contribution in [3.63, 3.8) is 0 Å². The minimum absolute atomic E-state index is 0.0596. The van der Waals surface area contributed by atoms with Crippen LogP contribution < -0.4 is 27.8 Å². The van der Waals surface area contributed by atoms with Gasteiger partial charge in [-0.15, -0.1) is 0 Å². The average molecular weight is 900 g/mol. The highest BCUT2D eigenvalue weighted by Gasteiger charge is 2.34. The number of fused-ring (bicyclic) bond motifs is 1. The van der Waals surface area contributed by atoms with Crippen molar-refractivity contribution in [2.24, 2.45) is 16.5 Å². The Labute approximate surface area is 365 Å². The van der Waals surface area contributed by atoms with E-state index in [1.54, 1.807) is 6.92 Å². The van der Waals surface area contributed by atoms with Crippen LogP contribution in [0.2, 0.25) is 5.15 Å². The Hall–Kier alpha value is -3.68. The zero-order chi connectivity index (χ0) is 46.1. The lowest BCUT2D eigenvalue weighted by atomic mass is 9.82. The second-order valence-corrected chi connectivity index (χ2v) is 16.1. The predicted molar refractivity (Wildman–Crippen MR) is 229 cm³/mol. The number of primary amides is 1. The number of hydrogen-bond acceptors (Lipinski definition) is 18. The molecule has 350 valence electrons. The molecule has 1 heterocycles. The van der Waals surface area contributed by atoms with Gasteiger partial charge in [0.15, 0.2) is 22.6 Å². The van der Waals surface area contributed by atoms with Gasteiger partial charge in [0, 0.05) is 19.6 Å². The predicted octanol–water partition coefficient (Wildman–Crippen LogP) is -4.09. The third kappa shape index (κ3) is 15.8. The van der Waals surface area contributed by atoms with E-state index < -0.39 is 93.0 Å². The van der Waals surface area contributed by atoms with E-state index >= 15 is 0 Å². The number of carbonyl (C=O) groups excluding carboxylic acids is 2. The van der Waals surface area contributed by atoms with E-state index in [0.717, 1.165) is 50.5 Å². The molecule has 0 radical (unpaired) electrons. The number of aliphatic imine (C=N–C) groups is 1. The fourth-order valence-electron chi connectivity index (χ4n) is 7.36. The number of aliphatic hydroxyl groups excluding tert-OH is 10. The molecule has 1 aliphatic rings. The lowest BCUT2D eigenvalue weighted by Crippen LogP contribution is -2.53. The maximum Gasteiger partial charge on any atom is 0.280 e. The Bertz CT molecular complexity index is 1730. The second-order valence-electron chi connectivity index (χ2n) is 15.7. The monoisotopic (exact) mass is 899 g/mol. The number of unbranched alkanes of at least 4 members (excludes halogenated alkanes) is 1. The standard InChI is InChI=1S/C40H66ClN9O12/c1-21-36(41)48-31(37(42)47-21)39(62)49-40(44)46-14-5-4-7-22-10-11-23(25-9-3-2-8-24(22)25)12-13-26(38(43)61)45-15-6-16-50(17-27(53)32(57)34(59)29(55)19-51)18-28(54)33(58)35(60)30(56)20-52/h10-11,26-30,32-35,45,51-60H,2-9,12-20H2,1H3,(H2,42,47)(H2,43,61)(H3,44,46,49,62). The van der Waals surface area contributed by atoms with E-state index in [-0.39, 0.29) is 35.7 Å². The summed E-state index contributed by atoms with van der Waals surface area (Å²) < 4.78 is 0. The van der Waals surface area contributed by atoms with Crippen LogP contribution in [-0.2, 0) is 30.5 Å². The number of nitrogens with one attached hydrogen (secondary N) is 2. The first-order chi connectivity index (χ1) is 29.4. The van der Waals surface area contributed by atoms with Crippen molar-refractivity contribution < 1.29 is 60.7 Å². The van der Waals surface area contributed by atoms with Crippen molar-refractivity contribution in [3.05, 3.63) is 50.9 Å². The molecule has 0 spiro atoms. The van der Waals surface area contributed by atoms with E-state index in [0.29, 0.717) is 31.5 Å². The molecule has 0 bridgehead atoms. The Morgan fingerprint density at radius 2 is 1.34 bits per heavy atom. The van der Waals surface area contributed by atoms with Crippen LogP contribution in [0.5, 0.6) is 0 Å². The molecular weight excluding hydrogens is 834 g/mol. The second kappa shape index (κ2) is 26.2. The fraction of sp³-hybridized carbons (Fsp3) is 0.675. The zero-order valence-corrected chi connectivity index (χ0v) is 35.8. The molecule has 62 heavy (non-hydrogen) atoms. The van der Waals surface area contributed by atoms with Gasteiger partial charge in [0.25, 0.3) is 5.91 Å². The number of nitrogens with zero attached hydrogens (tertiary/aromatic N) is 4. The summed E-state index contributed by atoms with van der Waals surface area (Å²) in [7, 11) is 0. The molecule has 1 aromatic heterocycles. The SMILES string of the molecule is Cc1nc(N)c(C(=O)NC(N)=NCCCCc2ccc(CCC(NCCCN(CC(O)C(O)C(O)C(O)CO)CC(O)C(O)C(O)C(O)CO)C(N)=O)c3c2CCCC3)nc1Cl. The number of hydrogen-bond donors (Lipinski definition) is 15.